The molecule has 1 aromatic heterocycles. The minimum atomic E-state index is -0.235. The van der Waals surface area contributed by atoms with Crippen molar-refractivity contribution in [3.63, 3.8) is 0 Å². The molecule has 0 bridgehead atoms. The average Bonchev–Trinajstić information content (AvgIpc) is 2.69. The molecule has 1 aromatic rings. The number of aromatic amines is 1. The van der Waals surface area contributed by atoms with E-state index in [1.54, 1.807) is 6.20 Å². The molecule has 0 aromatic carbocycles. The summed E-state index contributed by atoms with van der Waals surface area (Å²) in [5.74, 6) is 0.850. The van der Waals surface area contributed by atoms with E-state index in [1.165, 1.54) is 5.56 Å². The van der Waals surface area contributed by atoms with Crippen LogP contribution >= 0.6 is 0 Å². The van der Waals surface area contributed by atoms with E-state index in [0.29, 0.717) is 11.8 Å². The summed E-state index contributed by atoms with van der Waals surface area (Å²) in [6.45, 7) is 6.24. The summed E-state index contributed by atoms with van der Waals surface area (Å²) in [5.41, 5.74) is 2.01. The Labute approximate surface area is 89.1 Å². The van der Waals surface area contributed by atoms with Gasteiger partial charge in [-0.3, -0.25) is 0 Å². The molecule has 4 heteroatoms. The van der Waals surface area contributed by atoms with E-state index in [9.17, 15) is 4.79 Å². The van der Waals surface area contributed by atoms with E-state index in [-0.39, 0.29) is 5.69 Å². The zero-order valence-corrected chi connectivity index (χ0v) is 9.21. The van der Waals surface area contributed by atoms with Crippen molar-refractivity contribution in [1.29, 1.82) is 0 Å². The lowest BCUT2D eigenvalue weighted by Crippen LogP contribution is -2.19. The van der Waals surface area contributed by atoms with E-state index < -0.39 is 0 Å². The monoisotopic (exact) mass is 207 g/mol. The summed E-state index contributed by atoms with van der Waals surface area (Å²) >= 11 is 0. The van der Waals surface area contributed by atoms with Gasteiger partial charge in [-0.15, -0.1) is 0 Å². The van der Waals surface area contributed by atoms with E-state index in [1.807, 2.05) is 0 Å². The van der Waals surface area contributed by atoms with Crippen LogP contribution in [0.3, 0.4) is 0 Å². The summed E-state index contributed by atoms with van der Waals surface area (Å²) in [4.78, 5) is 17.9. The molecule has 1 aliphatic rings. The van der Waals surface area contributed by atoms with Crippen molar-refractivity contribution in [2.75, 3.05) is 13.1 Å². The second kappa shape index (κ2) is 4.14. The highest BCUT2D eigenvalue weighted by atomic mass is 16.1. The van der Waals surface area contributed by atoms with Crippen LogP contribution in [0.5, 0.6) is 0 Å². The quantitative estimate of drug-likeness (QED) is 0.759. The van der Waals surface area contributed by atoms with Gasteiger partial charge < -0.3 is 10.3 Å². The standard InChI is InChI=1S/C11H17N3O/c1-7(2)9-6-13-11(15)14-10(9)8-3-4-12-5-8/h6-8,12H,3-5H2,1-2H3,(H,13,14,15). The number of aromatic nitrogens is 2. The van der Waals surface area contributed by atoms with E-state index >= 15 is 0 Å². The van der Waals surface area contributed by atoms with Crippen LogP contribution in [0.4, 0.5) is 0 Å². The summed E-state index contributed by atoms with van der Waals surface area (Å²) in [6.07, 6.45) is 2.82. The Balaban J connectivity index is 2.41. The van der Waals surface area contributed by atoms with Gasteiger partial charge in [0, 0.05) is 24.4 Å². The molecule has 0 spiro atoms. The Morgan fingerprint density at radius 1 is 1.53 bits per heavy atom. The fraction of sp³-hybridized carbons (Fsp3) is 0.636. The molecule has 1 unspecified atom stereocenters. The topological polar surface area (TPSA) is 57.8 Å². The van der Waals surface area contributed by atoms with Crippen molar-refractivity contribution in [3.8, 4) is 0 Å². The third-order valence-corrected chi connectivity index (χ3v) is 2.96. The Bertz CT molecular complexity index is 391. The van der Waals surface area contributed by atoms with Gasteiger partial charge in [0.15, 0.2) is 0 Å². The maximum Gasteiger partial charge on any atom is 0.345 e. The maximum absolute atomic E-state index is 11.2. The lowest BCUT2D eigenvalue weighted by Gasteiger charge is -2.15. The first-order valence-corrected chi connectivity index (χ1v) is 5.48. The molecule has 0 saturated carbocycles. The van der Waals surface area contributed by atoms with Gasteiger partial charge in [0.2, 0.25) is 0 Å². The molecule has 2 rings (SSSR count). The largest absolute Gasteiger partial charge is 0.345 e. The zero-order chi connectivity index (χ0) is 10.8. The van der Waals surface area contributed by atoms with Gasteiger partial charge in [0.1, 0.15) is 0 Å². The van der Waals surface area contributed by atoms with Crippen LogP contribution in [0.25, 0.3) is 0 Å². The van der Waals surface area contributed by atoms with Crippen LogP contribution in [0.2, 0.25) is 0 Å². The molecule has 1 fully saturated rings. The molecule has 2 N–H and O–H groups in total. The van der Waals surface area contributed by atoms with Crippen LogP contribution in [0.1, 0.15) is 43.4 Å². The van der Waals surface area contributed by atoms with Crippen LogP contribution in [-0.4, -0.2) is 23.1 Å². The molecule has 1 saturated heterocycles. The highest BCUT2D eigenvalue weighted by Crippen LogP contribution is 2.26. The molecular weight excluding hydrogens is 190 g/mol. The Hall–Kier alpha value is -1.16. The normalized spacial score (nSPS) is 21.1. The molecule has 82 valence electrons. The zero-order valence-electron chi connectivity index (χ0n) is 9.21. The molecule has 15 heavy (non-hydrogen) atoms. The minimum absolute atomic E-state index is 0.235. The van der Waals surface area contributed by atoms with Crippen molar-refractivity contribution in [2.45, 2.75) is 32.1 Å². The Morgan fingerprint density at radius 3 is 2.93 bits per heavy atom. The van der Waals surface area contributed by atoms with Crippen LogP contribution in [-0.2, 0) is 0 Å². The molecular formula is C11H17N3O. The highest BCUT2D eigenvalue weighted by molar-refractivity contribution is 5.24. The van der Waals surface area contributed by atoms with E-state index in [0.717, 1.165) is 25.2 Å². The van der Waals surface area contributed by atoms with Gasteiger partial charge in [-0.25, -0.2) is 9.78 Å². The minimum Gasteiger partial charge on any atom is -0.316 e. The van der Waals surface area contributed by atoms with Crippen molar-refractivity contribution >= 4 is 0 Å². The number of H-pyrrole nitrogens is 1. The Morgan fingerprint density at radius 2 is 2.33 bits per heavy atom. The fourth-order valence-corrected chi connectivity index (χ4v) is 2.12. The van der Waals surface area contributed by atoms with Gasteiger partial charge >= 0.3 is 5.69 Å². The number of hydrogen-bond acceptors (Lipinski definition) is 3. The summed E-state index contributed by atoms with van der Waals surface area (Å²) in [6, 6.07) is 0. The predicted octanol–water partition coefficient (Wildman–Crippen LogP) is 0.970. The third kappa shape index (κ3) is 2.09. The second-order valence-electron chi connectivity index (χ2n) is 4.40. The van der Waals surface area contributed by atoms with Crippen LogP contribution in [0, 0.1) is 0 Å². The maximum atomic E-state index is 11.2. The highest BCUT2D eigenvalue weighted by Gasteiger charge is 2.21. The number of hydrogen-bond donors (Lipinski definition) is 2. The Kier molecular flexibility index (Phi) is 2.86. The van der Waals surface area contributed by atoms with Gasteiger partial charge in [0.05, 0.1) is 0 Å². The lowest BCUT2D eigenvalue weighted by molar-refractivity contribution is 0.688. The first-order chi connectivity index (χ1) is 7.18. The second-order valence-corrected chi connectivity index (χ2v) is 4.40. The third-order valence-electron chi connectivity index (χ3n) is 2.96. The van der Waals surface area contributed by atoms with Gasteiger partial charge in [-0.1, -0.05) is 13.8 Å². The predicted molar refractivity (Wildman–Crippen MR) is 59.2 cm³/mol. The fourth-order valence-electron chi connectivity index (χ4n) is 2.12. The SMILES string of the molecule is CC(C)c1cnc(=O)[nH]c1C1CCNC1. The number of nitrogens with zero attached hydrogens (tertiary/aromatic N) is 1. The molecule has 4 nitrogen and oxygen atoms in total. The van der Waals surface area contributed by atoms with E-state index in [2.05, 4.69) is 29.1 Å². The van der Waals surface area contributed by atoms with Gasteiger partial charge in [-0.2, -0.15) is 0 Å². The van der Waals surface area contributed by atoms with Crippen LogP contribution in [0.15, 0.2) is 11.0 Å². The summed E-state index contributed by atoms with van der Waals surface area (Å²) in [7, 11) is 0. The van der Waals surface area contributed by atoms with Gasteiger partial charge in [0.25, 0.3) is 0 Å². The summed E-state index contributed by atoms with van der Waals surface area (Å²) in [5, 5.41) is 3.31. The number of rotatable bonds is 2. The summed E-state index contributed by atoms with van der Waals surface area (Å²) < 4.78 is 0. The molecule has 1 aliphatic heterocycles. The molecule has 0 amide bonds. The van der Waals surface area contributed by atoms with Crippen molar-refractivity contribution in [3.05, 3.63) is 27.9 Å². The van der Waals surface area contributed by atoms with Gasteiger partial charge in [-0.05, 0) is 24.4 Å². The smallest absolute Gasteiger partial charge is 0.316 e. The molecule has 0 radical (unpaired) electrons. The van der Waals surface area contributed by atoms with Crippen molar-refractivity contribution in [2.24, 2.45) is 0 Å². The van der Waals surface area contributed by atoms with E-state index in [4.69, 9.17) is 0 Å². The lowest BCUT2D eigenvalue weighted by atomic mass is 9.94. The molecule has 0 aliphatic carbocycles. The average molecular weight is 207 g/mol. The molecule has 1 atom stereocenters. The first-order valence-electron chi connectivity index (χ1n) is 5.48. The van der Waals surface area contributed by atoms with Crippen molar-refractivity contribution in [1.82, 2.24) is 15.3 Å². The van der Waals surface area contributed by atoms with Crippen LogP contribution < -0.4 is 11.0 Å². The first kappa shape index (κ1) is 10.4. The molecule has 2 heterocycles. The van der Waals surface area contributed by atoms with Crippen molar-refractivity contribution < 1.29 is 0 Å². The number of nitrogens with one attached hydrogen (secondary N) is 2.